The minimum atomic E-state index is -3.23. The lowest BCUT2D eigenvalue weighted by molar-refractivity contribution is -0.139. The highest BCUT2D eigenvalue weighted by atomic mass is 32.2. The SMILES string of the molecule is C[C@@H](NC(=O)c1ccccc1CNC(=O)C(=O)NCC/C=C/S(C)(=O)=O)c1cccc2ccccc12. The molecule has 0 aliphatic carbocycles. The third kappa shape index (κ3) is 7.51. The van der Waals surface area contributed by atoms with E-state index in [2.05, 4.69) is 16.0 Å². The second-order valence-corrected chi connectivity index (χ2v) is 10.3. The fraction of sp³-hybridized carbons (Fsp3) is 0.222. The van der Waals surface area contributed by atoms with Crippen molar-refractivity contribution < 1.29 is 22.8 Å². The zero-order valence-electron chi connectivity index (χ0n) is 20.2. The van der Waals surface area contributed by atoms with Gasteiger partial charge in [-0.25, -0.2) is 8.42 Å². The molecule has 9 heteroatoms. The van der Waals surface area contributed by atoms with Crippen LogP contribution in [-0.2, 0) is 26.0 Å². The number of hydrogen-bond donors (Lipinski definition) is 3. The molecule has 0 bridgehead atoms. The van der Waals surface area contributed by atoms with Gasteiger partial charge in [-0.1, -0.05) is 66.7 Å². The van der Waals surface area contributed by atoms with E-state index in [1.165, 1.54) is 6.08 Å². The molecule has 188 valence electrons. The lowest BCUT2D eigenvalue weighted by Crippen LogP contribution is -2.40. The summed E-state index contributed by atoms with van der Waals surface area (Å²) in [5.74, 6) is -1.97. The maximum atomic E-state index is 13.1. The minimum absolute atomic E-state index is 0.00746. The molecule has 1 atom stereocenters. The lowest BCUT2D eigenvalue weighted by atomic mass is 9.99. The maximum absolute atomic E-state index is 13.1. The van der Waals surface area contributed by atoms with Crippen molar-refractivity contribution >= 4 is 38.3 Å². The first kappa shape index (κ1) is 26.6. The Balaban J connectivity index is 1.59. The second kappa shape index (κ2) is 12.1. The van der Waals surface area contributed by atoms with Crippen molar-refractivity contribution in [3.05, 3.63) is 94.9 Å². The molecule has 36 heavy (non-hydrogen) atoms. The van der Waals surface area contributed by atoms with Gasteiger partial charge < -0.3 is 16.0 Å². The van der Waals surface area contributed by atoms with Gasteiger partial charge in [0.25, 0.3) is 5.91 Å². The van der Waals surface area contributed by atoms with Crippen LogP contribution in [0.2, 0.25) is 0 Å². The first-order valence-corrected chi connectivity index (χ1v) is 13.4. The van der Waals surface area contributed by atoms with Crippen LogP contribution in [0, 0.1) is 0 Å². The molecule has 0 heterocycles. The van der Waals surface area contributed by atoms with Crippen LogP contribution in [0.15, 0.2) is 78.2 Å². The average molecular weight is 508 g/mol. The molecule has 0 aliphatic heterocycles. The molecule has 0 aliphatic rings. The van der Waals surface area contributed by atoms with Crippen LogP contribution in [0.5, 0.6) is 0 Å². The van der Waals surface area contributed by atoms with Gasteiger partial charge in [-0.2, -0.15) is 0 Å². The predicted octanol–water partition coefficient (Wildman–Crippen LogP) is 3.01. The smallest absolute Gasteiger partial charge is 0.309 e. The van der Waals surface area contributed by atoms with Gasteiger partial charge in [0.15, 0.2) is 9.84 Å². The van der Waals surface area contributed by atoms with Crippen LogP contribution in [0.4, 0.5) is 0 Å². The molecular weight excluding hydrogens is 478 g/mol. The Labute approximate surface area is 210 Å². The van der Waals surface area contributed by atoms with Gasteiger partial charge in [0.05, 0.1) is 6.04 Å². The van der Waals surface area contributed by atoms with Gasteiger partial charge in [-0.05, 0) is 41.3 Å². The summed E-state index contributed by atoms with van der Waals surface area (Å²) in [6.45, 7) is 2.02. The van der Waals surface area contributed by atoms with Gasteiger partial charge >= 0.3 is 11.8 Å². The number of fused-ring (bicyclic) bond motifs is 1. The monoisotopic (exact) mass is 507 g/mol. The molecule has 0 saturated heterocycles. The van der Waals surface area contributed by atoms with Crippen molar-refractivity contribution in [1.82, 2.24) is 16.0 Å². The van der Waals surface area contributed by atoms with E-state index in [4.69, 9.17) is 0 Å². The van der Waals surface area contributed by atoms with E-state index in [0.717, 1.165) is 28.0 Å². The Morgan fingerprint density at radius 1 is 0.889 bits per heavy atom. The quantitative estimate of drug-likeness (QED) is 0.304. The Morgan fingerprint density at radius 3 is 2.33 bits per heavy atom. The Bertz CT molecular complexity index is 1390. The summed E-state index contributed by atoms with van der Waals surface area (Å²) in [6, 6.07) is 20.5. The van der Waals surface area contributed by atoms with Gasteiger partial charge in [-0.15, -0.1) is 0 Å². The summed E-state index contributed by atoms with van der Waals surface area (Å²) in [5, 5.41) is 11.2. The molecule has 3 aromatic carbocycles. The van der Waals surface area contributed by atoms with Crippen LogP contribution in [0.3, 0.4) is 0 Å². The van der Waals surface area contributed by atoms with Crippen LogP contribution in [0.1, 0.15) is 40.9 Å². The van der Waals surface area contributed by atoms with E-state index < -0.39 is 21.7 Å². The van der Waals surface area contributed by atoms with E-state index >= 15 is 0 Å². The molecule has 0 radical (unpaired) electrons. The number of benzene rings is 3. The van der Waals surface area contributed by atoms with Crippen LogP contribution < -0.4 is 16.0 Å². The molecule has 3 rings (SSSR count). The highest BCUT2D eigenvalue weighted by molar-refractivity contribution is 7.93. The molecule has 0 saturated carbocycles. The van der Waals surface area contributed by atoms with Crippen LogP contribution in [-0.4, -0.2) is 38.9 Å². The first-order chi connectivity index (χ1) is 17.2. The number of hydrogen-bond acceptors (Lipinski definition) is 5. The Morgan fingerprint density at radius 2 is 1.56 bits per heavy atom. The molecule has 0 fully saturated rings. The third-order valence-electron chi connectivity index (χ3n) is 5.49. The highest BCUT2D eigenvalue weighted by Crippen LogP contribution is 2.24. The molecule has 0 unspecified atom stereocenters. The first-order valence-electron chi connectivity index (χ1n) is 11.4. The fourth-order valence-electron chi connectivity index (χ4n) is 3.72. The largest absolute Gasteiger partial charge is 0.348 e. The molecule has 3 amide bonds. The minimum Gasteiger partial charge on any atom is -0.348 e. The predicted molar refractivity (Wildman–Crippen MR) is 140 cm³/mol. The van der Waals surface area contributed by atoms with Crippen molar-refractivity contribution in [2.75, 3.05) is 12.8 Å². The van der Waals surface area contributed by atoms with E-state index in [0.29, 0.717) is 11.1 Å². The number of rotatable bonds is 9. The van der Waals surface area contributed by atoms with Gasteiger partial charge in [0.2, 0.25) is 0 Å². The van der Waals surface area contributed by atoms with Crippen molar-refractivity contribution in [1.29, 1.82) is 0 Å². The van der Waals surface area contributed by atoms with Gasteiger partial charge in [0, 0.05) is 30.3 Å². The summed E-state index contributed by atoms with van der Waals surface area (Å²) in [6.07, 6.45) is 2.74. The van der Waals surface area contributed by atoms with Crippen molar-refractivity contribution in [3.8, 4) is 0 Å². The summed E-state index contributed by atoms with van der Waals surface area (Å²) < 4.78 is 22.1. The van der Waals surface area contributed by atoms with Gasteiger partial charge in [0.1, 0.15) is 0 Å². The van der Waals surface area contributed by atoms with E-state index in [-0.39, 0.29) is 31.5 Å². The summed E-state index contributed by atoms with van der Waals surface area (Å²) in [5.41, 5.74) is 1.96. The topological polar surface area (TPSA) is 121 Å². The maximum Gasteiger partial charge on any atom is 0.309 e. The number of amides is 3. The molecule has 0 aromatic heterocycles. The zero-order valence-corrected chi connectivity index (χ0v) is 21.0. The standard InChI is InChI=1S/C27H29N3O5S/c1-19(22-15-9-12-20-10-3-5-13-23(20)22)30-25(31)24-14-6-4-11-21(24)18-29-27(33)26(32)28-16-7-8-17-36(2,34)35/h3-6,8-15,17,19H,7,16,18H2,1-2H3,(H,28,32)(H,29,33)(H,30,31)/b17-8+/t19-/m1/s1. The van der Waals surface area contributed by atoms with E-state index in [9.17, 15) is 22.8 Å². The lowest BCUT2D eigenvalue weighted by Gasteiger charge is -2.18. The highest BCUT2D eigenvalue weighted by Gasteiger charge is 2.18. The van der Waals surface area contributed by atoms with Crippen molar-refractivity contribution in [2.45, 2.75) is 25.9 Å². The third-order valence-corrected chi connectivity index (χ3v) is 6.17. The van der Waals surface area contributed by atoms with Crippen LogP contribution >= 0.6 is 0 Å². The second-order valence-electron chi connectivity index (χ2n) is 8.35. The molecule has 0 spiro atoms. The van der Waals surface area contributed by atoms with Gasteiger partial charge in [-0.3, -0.25) is 14.4 Å². The Kier molecular flexibility index (Phi) is 8.97. The molecular formula is C27H29N3O5S. The Hall–Kier alpha value is -3.98. The number of nitrogens with one attached hydrogen (secondary N) is 3. The van der Waals surface area contributed by atoms with E-state index in [1.807, 2.05) is 49.4 Å². The fourth-order valence-corrected chi connectivity index (χ4v) is 4.21. The number of sulfone groups is 1. The van der Waals surface area contributed by atoms with E-state index in [1.54, 1.807) is 24.3 Å². The molecule has 8 nitrogen and oxygen atoms in total. The molecule has 3 N–H and O–H groups in total. The average Bonchev–Trinajstić information content (AvgIpc) is 2.86. The number of carbonyl (C=O) groups is 3. The normalized spacial score (nSPS) is 12.3. The summed E-state index contributed by atoms with van der Waals surface area (Å²) in [7, 11) is -3.23. The van der Waals surface area contributed by atoms with Crippen molar-refractivity contribution in [2.24, 2.45) is 0 Å². The summed E-state index contributed by atoms with van der Waals surface area (Å²) in [4.78, 5) is 37.3. The summed E-state index contributed by atoms with van der Waals surface area (Å²) >= 11 is 0. The zero-order chi connectivity index (χ0) is 26.1. The number of carbonyl (C=O) groups excluding carboxylic acids is 3. The molecule has 3 aromatic rings. The van der Waals surface area contributed by atoms with Crippen molar-refractivity contribution in [3.63, 3.8) is 0 Å². The van der Waals surface area contributed by atoms with Crippen LogP contribution in [0.25, 0.3) is 10.8 Å².